The molecule has 1 aromatic carbocycles. The van der Waals surface area contributed by atoms with Gasteiger partial charge in [0, 0.05) is 5.41 Å². The number of fused-ring (bicyclic) bond motifs is 5. The van der Waals surface area contributed by atoms with Crippen molar-refractivity contribution >= 4 is 6.09 Å². The second-order valence-corrected chi connectivity index (χ2v) is 7.85. The summed E-state index contributed by atoms with van der Waals surface area (Å²) in [6, 6.07) is 5.88. The third kappa shape index (κ3) is 2.22. The summed E-state index contributed by atoms with van der Waals surface area (Å²) in [6.07, 6.45) is 5.84. The van der Waals surface area contributed by atoms with E-state index in [1.165, 1.54) is 17.5 Å². The van der Waals surface area contributed by atoms with Gasteiger partial charge in [0.2, 0.25) is 0 Å². The molecule has 4 nitrogen and oxygen atoms in total. The summed E-state index contributed by atoms with van der Waals surface area (Å²) in [5, 5.41) is 9.73. The van der Waals surface area contributed by atoms with Crippen molar-refractivity contribution in [3.8, 4) is 5.75 Å². The van der Waals surface area contributed by atoms with E-state index in [-0.39, 0.29) is 11.5 Å². The number of carbonyl (C=O) groups excluding carboxylic acids is 1. The molecule has 3 aliphatic carbocycles. The fourth-order valence-electron chi connectivity index (χ4n) is 5.85. The van der Waals surface area contributed by atoms with Crippen LogP contribution in [0.5, 0.6) is 5.75 Å². The van der Waals surface area contributed by atoms with Gasteiger partial charge in [0.05, 0.1) is 0 Å². The van der Waals surface area contributed by atoms with E-state index in [0.717, 1.165) is 32.1 Å². The molecule has 3 aliphatic rings. The SMILES string of the molecule is C[C@]12CC[C@@H]3c4ccc(O)cc4CC[C@H]3[C@@H]1CC[C@@H]2OC(N)=O. The van der Waals surface area contributed by atoms with Crippen LogP contribution in [0.1, 0.15) is 56.1 Å². The number of aryl methyl sites for hydroxylation is 1. The van der Waals surface area contributed by atoms with E-state index < -0.39 is 6.09 Å². The molecule has 2 fully saturated rings. The van der Waals surface area contributed by atoms with Gasteiger partial charge in [0.25, 0.3) is 0 Å². The number of amides is 1. The first-order chi connectivity index (χ1) is 11.0. The Hall–Kier alpha value is -1.71. The molecular weight excluding hydrogens is 290 g/mol. The molecule has 23 heavy (non-hydrogen) atoms. The summed E-state index contributed by atoms with van der Waals surface area (Å²) in [4.78, 5) is 11.2. The first kappa shape index (κ1) is 14.9. The van der Waals surface area contributed by atoms with E-state index in [4.69, 9.17) is 10.5 Å². The molecule has 3 N–H and O–H groups in total. The van der Waals surface area contributed by atoms with Crippen molar-refractivity contribution in [3.63, 3.8) is 0 Å². The Labute approximate surface area is 137 Å². The highest BCUT2D eigenvalue weighted by Gasteiger charge is 2.56. The van der Waals surface area contributed by atoms with Crippen LogP contribution in [0.3, 0.4) is 0 Å². The van der Waals surface area contributed by atoms with Crippen molar-refractivity contribution < 1.29 is 14.6 Å². The molecule has 1 aromatic rings. The zero-order valence-electron chi connectivity index (χ0n) is 13.6. The lowest BCUT2D eigenvalue weighted by Gasteiger charge is -2.50. The number of ether oxygens (including phenoxy) is 1. The molecule has 124 valence electrons. The molecule has 0 aromatic heterocycles. The second kappa shape index (κ2) is 5.15. The predicted molar refractivity (Wildman–Crippen MR) is 87.2 cm³/mol. The largest absolute Gasteiger partial charge is 0.508 e. The molecule has 0 aliphatic heterocycles. The average Bonchev–Trinajstić information content (AvgIpc) is 2.83. The van der Waals surface area contributed by atoms with Crippen LogP contribution in [0, 0.1) is 17.3 Å². The number of rotatable bonds is 1. The molecule has 0 bridgehead atoms. The maximum atomic E-state index is 11.2. The van der Waals surface area contributed by atoms with Crippen LogP contribution in [-0.2, 0) is 11.2 Å². The zero-order chi connectivity index (χ0) is 16.2. The van der Waals surface area contributed by atoms with Gasteiger partial charge in [-0.25, -0.2) is 4.79 Å². The molecule has 0 saturated heterocycles. The van der Waals surface area contributed by atoms with Gasteiger partial charge in [-0.1, -0.05) is 13.0 Å². The normalized spacial score (nSPS) is 38.3. The molecule has 0 heterocycles. The van der Waals surface area contributed by atoms with Crippen LogP contribution in [0.25, 0.3) is 0 Å². The van der Waals surface area contributed by atoms with Gasteiger partial charge < -0.3 is 15.6 Å². The van der Waals surface area contributed by atoms with Gasteiger partial charge in [-0.15, -0.1) is 0 Å². The highest BCUT2D eigenvalue weighted by atomic mass is 16.6. The standard InChI is InChI=1S/C19H25NO3/c1-19-9-8-14-13-5-3-12(21)10-11(13)2-4-15(14)16(19)6-7-17(19)23-18(20)22/h3,5,10,14-17,21H,2,4,6-9H2,1H3,(H2,20,22)/t14-,15-,16+,17+,19+/m1/s1. The summed E-state index contributed by atoms with van der Waals surface area (Å²) in [5.74, 6) is 2.23. The Morgan fingerprint density at radius 3 is 2.91 bits per heavy atom. The molecule has 2 saturated carbocycles. The molecule has 0 unspecified atom stereocenters. The van der Waals surface area contributed by atoms with Gasteiger partial charge >= 0.3 is 6.09 Å². The van der Waals surface area contributed by atoms with E-state index >= 15 is 0 Å². The molecule has 4 rings (SSSR count). The number of phenols is 1. The van der Waals surface area contributed by atoms with Crippen molar-refractivity contribution in [1.29, 1.82) is 0 Å². The molecular formula is C19H25NO3. The highest BCUT2D eigenvalue weighted by Crippen LogP contribution is 2.61. The van der Waals surface area contributed by atoms with Crippen LogP contribution in [0.15, 0.2) is 18.2 Å². The smallest absolute Gasteiger partial charge is 0.404 e. The van der Waals surface area contributed by atoms with Crippen LogP contribution in [0.4, 0.5) is 4.79 Å². The fourth-order valence-corrected chi connectivity index (χ4v) is 5.85. The average molecular weight is 315 g/mol. The first-order valence-corrected chi connectivity index (χ1v) is 8.77. The third-order valence-electron chi connectivity index (χ3n) is 6.88. The van der Waals surface area contributed by atoms with E-state index in [9.17, 15) is 9.90 Å². The molecule has 5 atom stereocenters. The Bertz CT molecular complexity index is 644. The van der Waals surface area contributed by atoms with Crippen molar-refractivity contribution in [3.05, 3.63) is 29.3 Å². The minimum Gasteiger partial charge on any atom is -0.508 e. The number of hydrogen-bond acceptors (Lipinski definition) is 3. The zero-order valence-corrected chi connectivity index (χ0v) is 13.6. The Morgan fingerprint density at radius 2 is 2.13 bits per heavy atom. The highest BCUT2D eigenvalue weighted by molar-refractivity contribution is 5.65. The minimum absolute atomic E-state index is 0.0211. The number of benzene rings is 1. The van der Waals surface area contributed by atoms with Gasteiger partial charge in [-0.3, -0.25) is 0 Å². The molecule has 0 radical (unpaired) electrons. The molecule has 0 spiro atoms. The van der Waals surface area contributed by atoms with Gasteiger partial charge in [0.15, 0.2) is 0 Å². The predicted octanol–water partition coefficient (Wildman–Crippen LogP) is 3.71. The third-order valence-corrected chi connectivity index (χ3v) is 6.88. The number of carbonyl (C=O) groups is 1. The topological polar surface area (TPSA) is 72.6 Å². The summed E-state index contributed by atoms with van der Waals surface area (Å²) in [7, 11) is 0. The maximum absolute atomic E-state index is 11.2. The maximum Gasteiger partial charge on any atom is 0.404 e. The molecule has 4 heteroatoms. The number of aromatic hydroxyl groups is 1. The van der Waals surface area contributed by atoms with Crippen LogP contribution in [0.2, 0.25) is 0 Å². The Kier molecular flexibility index (Phi) is 3.33. The van der Waals surface area contributed by atoms with Crippen LogP contribution in [-0.4, -0.2) is 17.3 Å². The van der Waals surface area contributed by atoms with E-state index in [1.807, 2.05) is 12.1 Å². The summed E-state index contributed by atoms with van der Waals surface area (Å²) in [6.45, 7) is 2.29. The van der Waals surface area contributed by atoms with Crippen LogP contribution < -0.4 is 5.73 Å². The van der Waals surface area contributed by atoms with E-state index in [1.54, 1.807) is 0 Å². The lowest BCUT2D eigenvalue weighted by Crippen LogP contribution is -2.45. The monoisotopic (exact) mass is 315 g/mol. The van der Waals surface area contributed by atoms with Crippen LogP contribution >= 0.6 is 0 Å². The minimum atomic E-state index is -0.636. The second-order valence-electron chi connectivity index (χ2n) is 7.85. The van der Waals surface area contributed by atoms with E-state index in [0.29, 0.717) is 23.5 Å². The van der Waals surface area contributed by atoms with Crippen molar-refractivity contribution in [2.75, 3.05) is 0 Å². The number of phenolic OH excluding ortho intramolecular Hbond substituents is 1. The number of primary amides is 1. The first-order valence-electron chi connectivity index (χ1n) is 8.77. The summed E-state index contributed by atoms with van der Waals surface area (Å²) in [5.41, 5.74) is 8.10. The molecule has 1 amide bonds. The van der Waals surface area contributed by atoms with Gasteiger partial charge in [-0.2, -0.15) is 0 Å². The summed E-state index contributed by atoms with van der Waals surface area (Å²) < 4.78 is 5.45. The lowest BCUT2D eigenvalue weighted by atomic mass is 9.55. The van der Waals surface area contributed by atoms with Gasteiger partial charge in [0.1, 0.15) is 11.9 Å². The van der Waals surface area contributed by atoms with Gasteiger partial charge in [-0.05, 0) is 79.5 Å². The number of hydrogen-bond donors (Lipinski definition) is 2. The summed E-state index contributed by atoms with van der Waals surface area (Å²) >= 11 is 0. The Balaban J connectivity index is 1.63. The number of nitrogens with two attached hydrogens (primary N) is 1. The van der Waals surface area contributed by atoms with Crippen molar-refractivity contribution in [2.45, 2.75) is 57.5 Å². The quantitative estimate of drug-likeness (QED) is 0.829. The van der Waals surface area contributed by atoms with Crippen molar-refractivity contribution in [2.24, 2.45) is 23.0 Å². The Morgan fingerprint density at radius 1 is 1.30 bits per heavy atom. The van der Waals surface area contributed by atoms with E-state index in [2.05, 4.69) is 13.0 Å². The fraction of sp³-hybridized carbons (Fsp3) is 0.632. The van der Waals surface area contributed by atoms with Crippen molar-refractivity contribution in [1.82, 2.24) is 0 Å². The lowest BCUT2D eigenvalue weighted by molar-refractivity contribution is -0.0291.